The summed E-state index contributed by atoms with van der Waals surface area (Å²) >= 11 is 1.12. The van der Waals surface area contributed by atoms with Gasteiger partial charge in [-0.1, -0.05) is 5.46 Å². The lowest BCUT2D eigenvalue weighted by atomic mass is 9.91. The van der Waals surface area contributed by atoms with Gasteiger partial charge in [-0.2, -0.15) is 0 Å². The SMILES string of the molecule is [B]c1cc(S(=O)(=O)Nc2nccs2)c(F)cc1NCC12CCCN1CCC2. The molecule has 2 saturated heterocycles. The van der Waals surface area contributed by atoms with Gasteiger partial charge in [-0.3, -0.25) is 9.62 Å². The Hall–Kier alpha value is -1.65. The van der Waals surface area contributed by atoms with E-state index in [4.69, 9.17) is 7.85 Å². The first kappa shape index (κ1) is 18.7. The van der Waals surface area contributed by atoms with Crippen LogP contribution in [0.25, 0.3) is 0 Å². The molecule has 0 amide bonds. The molecule has 0 unspecified atom stereocenters. The molecule has 1 aromatic carbocycles. The molecule has 2 N–H and O–H groups in total. The van der Waals surface area contributed by atoms with Crippen molar-refractivity contribution in [1.29, 1.82) is 0 Å². The lowest BCUT2D eigenvalue weighted by Crippen LogP contribution is -2.44. The second-order valence-corrected chi connectivity index (χ2v) is 9.63. The lowest BCUT2D eigenvalue weighted by molar-refractivity contribution is 0.209. The lowest BCUT2D eigenvalue weighted by Gasteiger charge is -2.33. The van der Waals surface area contributed by atoms with Crippen LogP contribution in [0.3, 0.4) is 0 Å². The molecule has 10 heteroatoms. The van der Waals surface area contributed by atoms with Crippen LogP contribution >= 0.6 is 11.3 Å². The largest absolute Gasteiger partial charge is 0.384 e. The van der Waals surface area contributed by atoms with Crippen molar-refractivity contribution >= 4 is 45.5 Å². The number of hydrogen-bond acceptors (Lipinski definition) is 6. The molecule has 0 bridgehead atoms. The van der Waals surface area contributed by atoms with Crippen molar-refractivity contribution in [3.8, 4) is 0 Å². The third-order valence-electron chi connectivity index (χ3n) is 5.47. The summed E-state index contributed by atoms with van der Waals surface area (Å²) in [6, 6.07) is 2.32. The molecule has 2 aromatic rings. The van der Waals surface area contributed by atoms with Gasteiger partial charge in [0.05, 0.1) is 0 Å². The van der Waals surface area contributed by atoms with E-state index in [2.05, 4.69) is 19.9 Å². The smallest absolute Gasteiger partial charge is 0.266 e. The maximum atomic E-state index is 14.6. The van der Waals surface area contributed by atoms with Crippen LogP contribution in [0.15, 0.2) is 28.6 Å². The van der Waals surface area contributed by atoms with Crippen molar-refractivity contribution in [3.05, 3.63) is 29.5 Å². The predicted molar refractivity (Wildman–Crippen MR) is 106 cm³/mol. The van der Waals surface area contributed by atoms with E-state index in [9.17, 15) is 12.8 Å². The molecule has 3 heterocycles. The Labute approximate surface area is 163 Å². The molecule has 1 aromatic heterocycles. The Morgan fingerprint density at radius 1 is 1.30 bits per heavy atom. The molecular formula is C17H20BFN4O2S2. The topological polar surface area (TPSA) is 74.3 Å². The Balaban J connectivity index is 1.53. The molecule has 0 aliphatic carbocycles. The highest BCUT2D eigenvalue weighted by Gasteiger charge is 2.43. The molecule has 27 heavy (non-hydrogen) atoms. The normalized spacial score (nSPS) is 19.1. The van der Waals surface area contributed by atoms with Gasteiger partial charge in [0.15, 0.2) is 5.13 Å². The minimum absolute atomic E-state index is 0.111. The minimum atomic E-state index is -4.09. The fourth-order valence-electron chi connectivity index (χ4n) is 4.15. The Kier molecular flexibility index (Phi) is 4.90. The average molecular weight is 406 g/mol. The maximum absolute atomic E-state index is 14.6. The molecule has 2 aliphatic rings. The summed E-state index contributed by atoms with van der Waals surface area (Å²) in [5, 5.41) is 5.06. The van der Waals surface area contributed by atoms with Crippen LogP contribution in [0.5, 0.6) is 0 Å². The maximum Gasteiger partial charge on any atom is 0.266 e. The van der Waals surface area contributed by atoms with Crippen LogP contribution in [0.1, 0.15) is 25.7 Å². The number of rotatable bonds is 6. The average Bonchev–Trinajstić information content (AvgIpc) is 3.31. The third kappa shape index (κ3) is 3.57. The standard InChI is InChI=1S/C17H20BFN4O2S2/c18-12-9-15(27(24,25)22-16-20-5-8-26-16)13(19)10-14(12)21-11-17-3-1-6-23(17)7-2-4-17/h5,8-10,21H,1-4,6-7,11H2,(H,20,22). The van der Waals surface area contributed by atoms with E-state index < -0.39 is 20.7 Å². The summed E-state index contributed by atoms with van der Waals surface area (Å²) in [6.07, 6.45) is 6.05. The summed E-state index contributed by atoms with van der Waals surface area (Å²) in [7, 11) is 1.94. The van der Waals surface area contributed by atoms with Crippen molar-refractivity contribution < 1.29 is 12.8 Å². The van der Waals surface area contributed by atoms with Gasteiger partial charge in [0.25, 0.3) is 10.0 Å². The second kappa shape index (κ2) is 7.07. The number of benzene rings is 1. The molecular weight excluding hydrogens is 386 g/mol. The summed E-state index contributed by atoms with van der Waals surface area (Å²) in [5.41, 5.74) is 0.740. The monoisotopic (exact) mass is 406 g/mol. The van der Waals surface area contributed by atoms with Crippen LogP contribution in [0, 0.1) is 5.82 Å². The van der Waals surface area contributed by atoms with E-state index in [1.807, 2.05) is 0 Å². The molecule has 2 aliphatic heterocycles. The Bertz CT molecular complexity index is 927. The van der Waals surface area contributed by atoms with Crippen LogP contribution in [0.4, 0.5) is 15.2 Å². The van der Waals surface area contributed by atoms with Gasteiger partial charge in [0, 0.05) is 29.3 Å². The zero-order valence-electron chi connectivity index (χ0n) is 14.7. The quantitative estimate of drug-likeness (QED) is 0.718. The van der Waals surface area contributed by atoms with Gasteiger partial charge in [0.2, 0.25) is 0 Å². The van der Waals surface area contributed by atoms with E-state index in [1.165, 1.54) is 19.0 Å². The highest BCUT2D eigenvalue weighted by molar-refractivity contribution is 7.93. The minimum Gasteiger partial charge on any atom is -0.384 e. The molecule has 2 fully saturated rings. The van der Waals surface area contributed by atoms with Crippen molar-refractivity contribution in [2.45, 2.75) is 36.1 Å². The second-order valence-electron chi connectivity index (χ2n) is 7.08. The van der Waals surface area contributed by atoms with Crippen molar-refractivity contribution in [1.82, 2.24) is 9.88 Å². The number of nitrogens with zero attached hydrogens (tertiary/aromatic N) is 2. The van der Waals surface area contributed by atoms with Crippen LogP contribution in [0.2, 0.25) is 0 Å². The summed E-state index contributed by atoms with van der Waals surface area (Å²) in [6.45, 7) is 2.89. The van der Waals surface area contributed by atoms with Gasteiger partial charge in [-0.05, 0) is 50.9 Å². The first-order valence-electron chi connectivity index (χ1n) is 8.90. The molecule has 0 saturated carbocycles. The number of sulfonamides is 1. The van der Waals surface area contributed by atoms with E-state index in [0.717, 1.165) is 49.4 Å². The van der Waals surface area contributed by atoms with E-state index in [1.54, 1.807) is 5.38 Å². The molecule has 0 atom stereocenters. The number of halogens is 1. The molecule has 0 spiro atoms. The summed E-state index contributed by atoms with van der Waals surface area (Å²) < 4.78 is 41.7. The van der Waals surface area contributed by atoms with Gasteiger partial charge in [-0.25, -0.2) is 17.8 Å². The zero-order valence-corrected chi connectivity index (χ0v) is 16.4. The third-order valence-corrected chi connectivity index (χ3v) is 7.64. The number of nitrogens with one attached hydrogen (secondary N) is 2. The summed E-state index contributed by atoms with van der Waals surface area (Å²) in [4.78, 5) is 5.86. The number of aromatic nitrogens is 1. The first-order valence-corrected chi connectivity index (χ1v) is 11.3. The number of fused-ring (bicyclic) bond motifs is 1. The van der Waals surface area contributed by atoms with Gasteiger partial charge < -0.3 is 5.32 Å². The van der Waals surface area contributed by atoms with Crippen molar-refractivity contribution in [2.75, 3.05) is 29.7 Å². The van der Waals surface area contributed by atoms with Crippen molar-refractivity contribution in [3.63, 3.8) is 0 Å². The Morgan fingerprint density at radius 3 is 2.70 bits per heavy atom. The fraction of sp³-hybridized carbons (Fsp3) is 0.471. The van der Waals surface area contributed by atoms with Crippen LogP contribution in [-0.2, 0) is 10.0 Å². The molecule has 142 valence electrons. The number of anilines is 2. The van der Waals surface area contributed by atoms with Crippen LogP contribution < -0.4 is 15.5 Å². The predicted octanol–water partition coefficient (Wildman–Crippen LogP) is 1.92. The molecule has 4 rings (SSSR count). The molecule has 6 nitrogen and oxygen atoms in total. The highest BCUT2D eigenvalue weighted by Crippen LogP contribution is 2.38. The Morgan fingerprint density at radius 2 is 2.04 bits per heavy atom. The highest BCUT2D eigenvalue weighted by atomic mass is 32.2. The van der Waals surface area contributed by atoms with Crippen LogP contribution in [-0.4, -0.2) is 51.3 Å². The number of hydrogen-bond donors (Lipinski definition) is 2. The molecule has 2 radical (unpaired) electrons. The van der Waals surface area contributed by atoms with Gasteiger partial charge in [0.1, 0.15) is 18.6 Å². The van der Waals surface area contributed by atoms with E-state index in [0.29, 0.717) is 12.2 Å². The zero-order chi connectivity index (χ0) is 19.1. The van der Waals surface area contributed by atoms with E-state index in [-0.39, 0.29) is 16.1 Å². The first-order chi connectivity index (χ1) is 12.9. The number of thiazole rings is 1. The van der Waals surface area contributed by atoms with Gasteiger partial charge in [-0.15, -0.1) is 11.3 Å². The van der Waals surface area contributed by atoms with Gasteiger partial charge >= 0.3 is 0 Å². The summed E-state index contributed by atoms with van der Waals surface area (Å²) in [5.74, 6) is -0.844. The van der Waals surface area contributed by atoms with Crippen molar-refractivity contribution in [2.24, 2.45) is 0 Å². The fourth-order valence-corrected chi connectivity index (χ4v) is 6.03. The van der Waals surface area contributed by atoms with E-state index >= 15 is 0 Å².